The monoisotopic (exact) mass is 362 g/mol. The van der Waals surface area contributed by atoms with Crippen molar-refractivity contribution in [3.05, 3.63) is 54.6 Å². The lowest BCUT2D eigenvalue weighted by molar-refractivity contribution is 0.307. The van der Waals surface area contributed by atoms with Gasteiger partial charge in [0.05, 0.1) is 6.61 Å². The van der Waals surface area contributed by atoms with E-state index in [1.807, 2.05) is 0 Å². The van der Waals surface area contributed by atoms with Gasteiger partial charge in [0.2, 0.25) is 0 Å². The van der Waals surface area contributed by atoms with Crippen molar-refractivity contribution >= 4 is 21.5 Å². The SMILES string of the molecule is CCCCCCCCCCCCOc1cccc2cc3ccccc3cc12. The van der Waals surface area contributed by atoms with Gasteiger partial charge in [-0.05, 0) is 40.8 Å². The molecule has 0 unspecified atom stereocenters. The summed E-state index contributed by atoms with van der Waals surface area (Å²) in [5.41, 5.74) is 0. The molecule has 0 saturated heterocycles. The lowest BCUT2D eigenvalue weighted by Gasteiger charge is -2.10. The minimum Gasteiger partial charge on any atom is -0.493 e. The molecule has 0 spiro atoms. The number of fused-ring (bicyclic) bond motifs is 2. The molecule has 1 nitrogen and oxygen atoms in total. The third kappa shape index (κ3) is 5.99. The van der Waals surface area contributed by atoms with Crippen molar-refractivity contribution in [2.45, 2.75) is 71.1 Å². The summed E-state index contributed by atoms with van der Waals surface area (Å²) in [6.07, 6.45) is 13.6. The van der Waals surface area contributed by atoms with Gasteiger partial charge in [0, 0.05) is 5.39 Å². The fourth-order valence-electron chi connectivity index (χ4n) is 3.84. The third-order valence-corrected chi connectivity index (χ3v) is 5.46. The van der Waals surface area contributed by atoms with Gasteiger partial charge in [-0.15, -0.1) is 0 Å². The minimum atomic E-state index is 0.822. The van der Waals surface area contributed by atoms with Crippen LogP contribution in [-0.4, -0.2) is 6.61 Å². The summed E-state index contributed by atoms with van der Waals surface area (Å²) in [7, 11) is 0. The number of hydrogen-bond acceptors (Lipinski definition) is 1. The molecule has 0 bridgehead atoms. The molecular formula is C26H34O. The van der Waals surface area contributed by atoms with Crippen LogP contribution in [0.2, 0.25) is 0 Å². The lowest BCUT2D eigenvalue weighted by atomic mass is 10.0. The van der Waals surface area contributed by atoms with Crippen LogP contribution in [0.15, 0.2) is 54.6 Å². The molecule has 0 N–H and O–H groups in total. The zero-order chi connectivity index (χ0) is 18.7. The van der Waals surface area contributed by atoms with Crippen molar-refractivity contribution in [3.63, 3.8) is 0 Å². The Bertz CT molecular complexity index is 821. The van der Waals surface area contributed by atoms with E-state index in [1.165, 1.54) is 79.3 Å². The van der Waals surface area contributed by atoms with Gasteiger partial charge in [0.1, 0.15) is 5.75 Å². The summed E-state index contributed by atoms with van der Waals surface area (Å²) in [5, 5.41) is 5.05. The maximum atomic E-state index is 6.14. The molecule has 0 atom stereocenters. The quantitative estimate of drug-likeness (QED) is 0.232. The molecule has 144 valence electrons. The second kappa shape index (κ2) is 11.0. The van der Waals surface area contributed by atoms with Gasteiger partial charge >= 0.3 is 0 Å². The summed E-state index contributed by atoms with van der Waals surface area (Å²) in [6, 6.07) is 19.4. The van der Waals surface area contributed by atoms with Crippen LogP contribution >= 0.6 is 0 Å². The molecule has 3 aromatic carbocycles. The predicted molar refractivity (Wildman–Crippen MR) is 119 cm³/mol. The molecule has 0 aliphatic rings. The minimum absolute atomic E-state index is 0.822. The maximum absolute atomic E-state index is 6.14. The summed E-state index contributed by atoms with van der Waals surface area (Å²) < 4.78 is 6.14. The van der Waals surface area contributed by atoms with Gasteiger partial charge in [0.15, 0.2) is 0 Å². The van der Waals surface area contributed by atoms with E-state index >= 15 is 0 Å². The van der Waals surface area contributed by atoms with E-state index in [4.69, 9.17) is 4.74 Å². The largest absolute Gasteiger partial charge is 0.493 e. The van der Waals surface area contributed by atoms with Gasteiger partial charge in [-0.1, -0.05) is 101 Å². The Morgan fingerprint density at radius 3 is 1.89 bits per heavy atom. The molecule has 0 aliphatic heterocycles. The van der Waals surface area contributed by atoms with E-state index in [0.29, 0.717) is 0 Å². The van der Waals surface area contributed by atoms with Crippen LogP contribution in [0, 0.1) is 0 Å². The van der Waals surface area contributed by atoms with E-state index in [0.717, 1.165) is 18.8 Å². The summed E-state index contributed by atoms with van der Waals surface area (Å²) in [5.74, 6) is 1.02. The second-order valence-corrected chi connectivity index (χ2v) is 7.71. The first kappa shape index (κ1) is 19.7. The van der Waals surface area contributed by atoms with E-state index in [9.17, 15) is 0 Å². The van der Waals surface area contributed by atoms with E-state index in [-0.39, 0.29) is 0 Å². The van der Waals surface area contributed by atoms with Gasteiger partial charge < -0.3 is 4.74 Å². The van der Waals surface area contributed by atoms with Crippen LogP contribution in [0.5, 0.6) is 5.75 Å². The van der Waals surface area contributed by atoms with E-state index in [1.54, 1.807) is 0 Å². The normalized spacial score (nSPS) is 11.3. The first-order valence-electron chi connectivity index (χ1n) is 10.9. The van der Waals surface area contributed by atoms with Gasteiger partial charge in [-0.25, -0.2) is 0 Å². The molecule has 0 aliphatic carbocycles. The molecule has 0 heterocycles. The van der Waals surface area contributed by atoms with Crippen molar-refractivity contribution in [2.75, 3.05) is 6.61 Å². The molecule has 0 saturated carbocycles. The van der Waals surface area contributed by atoms with Crippen LogP contribution in [0.1, 0.15) is 71.1 Å². The maximum Gasteiger partial charge on any atom is 0.127 e. The molecule has 3 rings (SSSR count). The Hall–Kier alpha value is -2.02. The molecule has 27 heavy (non-hydrogen) atoms. The molecule has 0 aromatic heterocycles. The smallest absolute Gasteiger partial charge is 0.127 e. The Balaban J connectivity index is 1.41. The Labute approximate surface area is 164 Å². The summed E-state index contributed by atoms with van der Waals surface area (Å²) >= 11 is 0. The van der Waals surface area contributed by atoms with Crippen LogP contribution < -0.4 is 4.74 Å². The second-order valence-electron chi connectivity index (χ2n) is 7.71. The van der Waals surface area contributed by atoms with Gasteiger partial charge in [-0.3, -0.25) is 0 Å². The van der Waals surface area contributed by atoms with E-state index < -0.39 is 0 Å². The van der Waals surface area contributed by atoms with Crippen molar-refractivity contribution in [1.29, 1.82) is 0 Å². The molecule has 0 radical (unpaired) electrons. The molecular weight excluding hydrogens is 328 g/mol. The Morgan fingerprint density at radius 2 is 1.19 bits per heavy atom. The van der Waals surface area contributed by atoms with E-state index in [2.05, 4.69) is 61.5 Å². The fraction of sp³-hybridized carbons (Fsp3) is 0.462. The molecule has 1 heteroatoms. The van der Waals surface area contributed by atoms with Crippen LogP contribution in [0.25, 0.3) is 21.5 Å². The highest BCUT2D eigenvalue weighted by Gasteiger charge is 2.04. The van der Waals surface area contributed by atoms with Gasteiger partial charge in [0.25, 0.3) is 0 Å². The van der Waals surface area contributed by atoms with Crippen LogP contribution in [0.4, 0.5) is 0 Å². The van der Waals surface area contributed by atoms with Crippen molar-refractivity contribution in [1.82, 2.24) is 0 Å². The summed E-state index contributed by atoms with van der Waals surface area (Å²) in [4.78, 5) is 0. The number of rotatable bonds is 12. The topological polar surface area (TPSA) is 9.23 Å². The molecule has 3 aromatic rings. The standard InChI is InChI=1S/C26H34O/c1-2-3-4-5-6-7-8-9-10-13-19-27-26-18-14-17-24-20-22-15-11-12-16-23(22)21-25(24)26/h11-12,14-18,20-21H,2-10,13,19H2,1H3. The van der Waals surface area contributed by atoms with Crippen LogP contribution in [-0.2, 0) is 0 Å². The first-order chi connectivity index (χ1) is 13.4. The highest BCUT2D eigenvalue weighted by atomic mass is 16.5. The average molecular weight is 363 g/mol. The Morgan fingerprint density at radius 1 is 0.593 bits per heavy atom. The van der Waals surface area contributed by atoms with Crippen molar-refractivity contribution < 1.29 is 4.74 Å². The molecule has 0 fully saturated rings. The predicted octanol–water partition coefficient (Wildman–Crippen LogP) is 8.29. The highest BCUT2D eigenvalue weighted by molar-refractivity contribution is 6.00. The highest BCUT2D eigenvalue weighted by Crippen LogP contribution is 2.30. The van der Waals surface area contributed by atoms with Crippen molar-refractivity contribution in [2.24, 2.45) is 0 Å². The first-order valence-corrected chi connectivity index (χ1v) is 10.9. The average Bonchev–Trinajstić information content (AvgIpc) is 2.70. The fourth-order valence-corrected chi connectivity index (χ4v) is 3.84. The number of hydrogen-bond donors (Lipinski definition) is 0. The number of unbranched alkanes of at least 4 members (excludes halogenated alkanes) is 9. The van der Waals surface area contributed by atoms with Crippen molar-refractivity contribution in [3.8, 4) is 5.75 Å². The number of benzene rings is 3. The Kier molecular flexibility index (Phi) is 8.02. The lowest BCUT2D eigenvalue weighted by Crippen LogP contribution is -1.98. The summed E-state index contributed by atoms with van der Waals surface area (Å²) in [6.45, 7) is 3.10. The zero-order valence-corrected chi connectivity index (χ0v) is 16.9. The number of ether oxygens (including phenoxy) is 1. The zero-order valence-electron chi connectivity index (χ0n) is 16.9. The van der Waals surface area contributed by atoms with Crippen LogP contribution in [0.3, 0.4) is 0 Å². The third-order valence-electron chi connectivity index (χ3n) is 5.46. The molecule has 0 amide bonds. The van der Waals surface area contributed by atoms with Gasteiger partial charge in [-0.2, -0.15) is 0 Å².